The number of hydrogen-bond donors (Lipinski definition) is 1. The summed E-state index contributed by atoms with van der Waals surface area (Å²) in [6, 6.07) is 18.1. The molecule has 4 rings (SSSR count). The van der Waals surface area contributed by atoms with Crippen LogP contribution in [0.15, 0.2) is 48.5 Å². The molecule has 0 aromatic heterocycles. The Bertz CT molecular complexity index is 681. The van der Waals surface area contributed by atoms with Gasteiger partial charge in [-0.25, -0.2) is 0 Å². The maximum Gasteiger partial charge on any atom is 0.122 e. The number of nitrogens with one attached hydrogen (secondary N) is 1. The molecule has 1 unspecified atom stereocenters. The summed E-state index contributed by atoms with van der Waals surface area (Å²) in [6.45, 7) is 3.46. The van der Waals surface area contributed by atoms with Crippen molar-refractivity contribution in [2.75, 3.05) is 13.7 Å². The summed E-state index contributed by atoms with van der Waals surface area (Å²) in [5.74, 6) is 2.98. The van der Waals surface area contributed by atoms with E-state index in [-0.39, 0.29) is 0 Å². The minimum atomic E-state index is 0.554. The van der Waals surface area contributed by atoms with Crippen LogP contribution in [0.4, 0.5) is 0 Å². The van der Waals surface area contributed by atoms with E-state index in [9.17, 15) is 0 Å². The van der Waals surface area contributed by atoms with Crippen molar-refractivity contribution in [1.29, 1.82) is 0 Å². The average molecular weight is 307 g/mol. The predicted molar refractivity (Wildman–Crippen MR) is 94.2 cm³/mol. The molecule has 2 aromatic rings. The van der Waals surface area contributed by atoms with E-state index in [0.29, 0.717) is 17.9 Å². The summed E-state index contributed by atoms with van der Waals surface area (Å²) in [6.07, 6.45) is 2.40. The number of ether oxygens (including phenoxy) is 1. The fraction of sp³-hybridized carbons (Fsp3) is 0.429. The van der Waals surface area contributed by atoms with E-state index in [0.717, 1.165) is 24.6 Å². The van der Waals surface area contributed by atoms with Crippen LogP contribution in [0.3, 0.4) is 0 Å². The smallest absolute Gasteiger partial charge is 0.122 e. The Morgan fingerprint density at radius 1 is 1.09 bits per heavy atom. The molecule has 1 saturated heterocycles. The van der Waals surface area contributed by atoms with Gasteiger partial charge in [0, 0.05) is 18.5 Å². The van der Waals surface area contributed by atoms with Crippen LogP contribution in [0, 0.1) is 5.92 Å². The molecular formula is C21H25NO. The lowest BCUT2D eigenvalue weighted by Crippen LogP contribution is -2.34. The largest absolute Gasteiger partial charge is 0.496 e. The quantitative estimate of drug-likeness (QED) is 0.921. The Hall–Kier alpha value is -1.80. The third kappa shape index (κ3) is 2.46. The number of methoxy groups -OCH3 is 1. The van der Waals surface area contributed by atoms with Gasteiger partial charge in [0.15, 0.2) is 0 Å². The van der Waals surface area contributed by atoms with Crippen LogP contribution < -0.4 is 10.1 Å². The zero-order valence-corrected chi connectivity index (χ0v) is 14.0. The van der Waals surface area contributed by atoms with Crippen molar-refractivity contribution in [3.8, 4) is 5.75 Å². The lowest BCUT2D eigenvalue weighted by atomic mass is 9.71. The summed E-state index contributed by atoms with van der Waals surface area (Å²) in [5.41, 5.74) is 4.39. The maximum atomic E-state index is 5.58. The van der Waals surface area contributed by atoms with Crippen molar-refractivity contribution in [3.05, 3.63) is 65.2 Å². The van der Waals surface area contributed by atoms with E-state index in [1.807, 2.05) is 0 Å². The Kier molecular flexibility index (Phi) is 3.86. The predicted octanol–water partition coefficient (Wildman–Crippen LogP) is 4.12. The highest BCUT2D eigenvalue weighted by Gasteiger charge is 2.42. The van der Waals surface area contributed by atoms with Crippen molar-refractivity contribution in [1.82, 2.24) is 5.32 Å². The second kappa shape index (κ2) is 6.01. The molecule has 2 heteroatoms. The SMILES string of the molecule is COc1cccc2c1CC[C@H]1[C@@H]2CN[C@@H]1C(C)c1ccccc1. The molecule has 0 bridgehead atoms. The Morgan fingerprint density at radius 2 is 1.91 bits per heavy atom. The zero-order valence-electron chi connectivity index (χ0n) is 14.0. The minimum absolute atomic E-state index is 0.554. The van der Waals surface area contributed by atoms with Crippen LogP contribution in [-0.4, -0.2) is 19.7 Å². The Labute approximate surface area is 138 Å². The lowest BCUT2D eigenvalue weighted by molar-refractivity contribution is 0.335. The van der Waals surface area contributed by atoms with Gasteiger partial charge in [0.05, 0.1) is 7.11 Å². The summed E-state index contributed by atoms with van der Waals surface area (Å²) >= 11 is 0. The molecule has 4 atom stereocenters. The molecule has 0 radical (unpaired) electrons. The summed E-state index contributed by atoms with van der Waals surface area (Å²) in [7, 11) is 1.79. The third-order valence-electron chi connectivity index (χ3n) is 5.93. The van der Waals surface area contributed by atoms with Crippen LogP contribution in [0.1, 0.15) is 41.9 Å². The Morgan fingerprint density at radius 3 is 2.70 bits per heavy atom. The number of benzene rings is 2. The van der Waals surface area contributed by atoms with E-state index in [1.165, 1.54) is 23.1 Å². The highest BCUT2D eigenvalue weighted by molar-refractivity contribution is 5.45. The van der Waals surface area contributed by atoms with Gasteiger partial charge in [0.1, 0.15) is 5.75 Å². The summed E-state index contributed by atoms with van der Waals surface area (Å²) in [4.78, 5) is 0. The third-order valence-corrected chi connectivity index (χ3v) is 5.93. The van der Waals surface area contributed by atoms with E-state index in [2.05, 4.69) is 60.8 Å². The van der Waals surface area contributed by atoms with E-state index in [4.69, 9.17) is 4.74 Å². The highest BCUT2D eigenvalue weighted by atomic mass is 16.5. The van der Waals surface area contributed by atoms with Gasteiger partial charge in [-0.15, -0.1) is 0 Å². The first-order valence-corrected chi connectivity index (χ1v) is 8.73. The fourth-order valence-electron chi connectivity index (χ4n) is 4.75. The van der Waals surface area contributed by atoms with E-state index >= 15 is 0 Å². The molecule has 1 heterocycles. The summed E-state index contributed by atoms with van der Waals surface area (Å²) in [5, 5.41) is 3.83. The molecule has 1 aliphatic heterocycles. The monoisotopic (exact) mass is 307 g/mol. The van der Waals surface area contributed by atoms with Gasteiger partial charge in [0.25, 0.3) is 0 Å². The van der Waals surface area contributed by atoms with Crippen LogP contribution in [0.5, 0.6) is 5.75 Å². The first kappa shape index (κ1) is 14.8. The van der Waals surface area contributed by atoms with Gasteiger partial charge in [-0.05, 0) is 47.4 Å². The van der Waals surface area contributed by atoms with Gasteiger partial charge in [-0.3, -0.25) is 0 Å². The van der Waals surface area contributed by atoms with Gasteiger partial charge in [-0.2, -0.15) is 0 Å². The average Bonchev–Trinajstić information content (AvgIpc) is 3.05. The second-order valence-corrected chi connectivity index (χ2v) is 6.97. The van der Waals surface area contributed by atoms with Crippen LogP contribution in [0.2, 0.25) is 0 Å². The Balaban J connectivity index is 1.63. The van der Waals surface area contributed by atoms with E-state index < -0.39 is 0 Å². The van der Waals surface area contributed by atoms with Crippen LogP contribution in [-0.2, 0) is 6.42 Å². The van der Waals surface area contributed by atoms with Crippen LogP contribution >= 0.6 is 0 Å². The molecule has 2 aliphatic rings. The number of hydrogen-bond acceptors (Lipinski definition) is 2. The molecule has 1 N–H and O–H groups in total. The molecule has 1 aliphatic carbocycles. The number of rotatable bonds is 3. The first-order chi connectivity index (χ1) is 11.3. The van der Waals surface area contributed by atoms with Gasteiger partial charge >= 0.3 is 0 Å². The molecular weight excluding hydrogens is 282 g/mol. The van der Waals surface area contributed by atoms with Crippen molar-refractivity contribution in [2.24, 2.45) is 5.92 Å². The van der Waals surface area contributed by atoms with Gasteiger partial charge in [-0.1, -0.05) is 49.4 Å². The maximum absolute atomic E-state index is 5.58. The van der Waals surface area contributed by atoms with Gasteiger partial charge in [0.2, 0.25) is 0 Å². The topological polar surface area (TPSA) is 21.3 Å². The minimum Gasteiger partial charge on any atom is -0.496 e. The molecule has 1 fully saturated rings. The standard InChI is InChI=1S/C21H25NO/c1-14(15-7-4-3-5-8-15)21-18-12-11-17-16(19(18)13-22-21)9-6-10-20(17)23-2/h3-10,14,18-19,21-22H,11-13H2,1-2H3/t14?,18-,19+,21+/m0/s1. The molecule has 23 heavy (non-hydrogen) atoms. The molecule has 0 spiro atoms. The van der Waals surface area contributed by atoms with Crippen molar-refractivity contribution >= 4 is 0 Å². The lowest BCUT2D eigenvalue weighted by Gasteiger charge is -2.34. The highest BCUT2D eigenvalue weighted by Crippen LogP contribution is 2.46. The molecule has 0 amide bonds. The molecule has 2 aromatic carbocycles. The molecule has 120 valence electrons. The normalized spacial score (nSPS) is 27.1. The second-order valence-electron chi connectivity index (χ2n) is 6.97. The van der Waals surface area contributed by atoms with Crippen molar-refractivity contribution in [3.63, 3.8) is 0 Å². The molecule has 2 nitrogen and oxygen atoms in total. The molecule has 0 saturated carbocycles. The summed E-state index contributed by atoms with van der Waals surface area (Å²) < 4.78 is 5.58. The zero-order chi connectivity index (χ0) is 15.8. The van der Waals surface area contributed by atoms with E-state index in [1.54, 1.807) is 7.11 Å². The number of fused-ring (bicyclic) bond motifs is 3. The van der Waals surface area contributed by atoms with Crippen molar-refractivity contribution in [2.45, 2.75) is 37.6 Å². The fourth-order valence-corrected chi connectivity index (χ4v) is 4.75. The van der Waals surface area contributed by atoms with Crippen molar-refractivity contribution < 1.29 is 4.74 Å². The van der Waals surface area contributed by atoms with Gasteiger partial charge < -0.3 is 10.1 Å². The van der Waals surface area contributed by atoms with Crippen LogP contribution in [0.25, 0.3) is 0 Å². The first-order valence-electron chi connectivity index (χ1n) is 8.73.